The second-order valence-corrected chi connectivity index (χ2v) is 13.1. The lowest BCUT2D eigenvalue weighted by atomic mass is 9.84. The molecule has 2 aliphatic rings. The topological polar surface area (TPSA) is 195 Å². The quantitative estimate of drug-likeness (QED) is 0.258. The van der Waals surface area contributed by atoms with E-state index in [9.17, 15) is 42.6 Å². The van der Waals surface area contributed by atoms with Crippen molar-refractivity contribution in [2.45, 2.75) is 83.5 Å². The number of carboxylic acids is 2. The van der Waals surface area contributed by atoms with E-state index in [0.717, 1.165) is 21.7 Å². The Balaban J connectivity index is 0.000000771. The third-order valence-corrected chi connectivity index (χ3v) is 8.64. The molecule has 3 amide bonds. The van der Waals surface area contributed by atoms with Crippen LogP contribution < -0.4 is 10.6 Å². The highest BCUT2D eigenvalue weighted by Crippen LogP contribution is 2.31. The summed E-state index contributed by atoms with van der Waals surface area (Å²) >= 11 is 1.56. The minimum Gasteiger partial charge on any atom is -0.479 e. The Morgan fingerprint density at radius 3 is 2.21 bits per heavy atom. The van der Waals surface area contributed by atoms with Gasteiger partial charge in [0.25, 0.3) is 5.91 Å². The molecule has 1 aromatic carbocycles. The number of carbonyl (C=O) groups is 5. The lowest BCUT2D eigenvalue weighted by molar-refractivity contribution is -0.192. The maximum atomic E-state index is 13.8. The molecule has 0 saturated carbocycles. The lowest BCUT2D eigenvalue weighted by Crippen LogP contribution is -2.62. The summed E-state index contributed by atoms with van der Waals surface area (Å²) in [5.41, 5.74) is 1.77. The zero-order valence-corrected chi connectivity index (χ0v) is 26.9. The van der Waals surface area contributed by atoms with Gasteiger partial charge in [-0.2, -0.15) is 13.2 Å². The molecule has 17 heteroatoms. The molecular formula is C30H37F3N4O9S. The van der Waals surface area contributed by atoms with Crippen molar-refractivity contribution >= 4 is 41.0 Å². The largest absolute Gasteiger partial charge is 0.490 e. The monoisotopic (exact) mass is 686 g/mol. The molecule has 0 spiro atoms. The number of halogens is 3. The van der Waals surface area contributed by atoms with Crippen LogP contribution in [0.1, 0.15) is 51.3 Å². The number of aromatic nitrogens is 1. The van der Waals surface area contributed by atoms with E-state index in [0.29, 0.717) is 6.42 Å². The van der Waals surface area contributed by atoms with Gasteiger partial charge in [0.15, 0.2) is 0 Å². The Morgan fingerprint density at radius 2 is 1.74 bits per heavy atom. The number of rotatable bonds is 8. The first-order chi connectivity index (χ1) is 21.8. The van der Waals surface area contributed by atoms with E-state index in [2.05, 4.69) is 15.6 Å². The molecule has 1 unspecified atom stereocenters. The second kappa shape index (κ2) is 14.8. The van der Waals surface area contributed by atoms with Gasteiger partial charge in [-0.25, -0.2) is 14.6 Å². The summed E-state index contributed by atoms with van der Waals surface area (Å²) in [6.45, 7) is 7.43. The van der Waals surface area contributed by atoms with E-state index < -0.39 is 65.0 Å². The first kappa shape index (κ1) is 37.4. The van der Waals surface area contributed by atoms with E-state index in [-0.39, 0.29) is 32.5 Å². The van der Waals surface area contributed by atoms with Gasteiger partial charge in [0, 0.05) is 26.1 Å². The summed E-state index contributed by atoms with van der Waals surface area (Å²) in [5, 5.41) is 32.7. The summed E-state index contributed by atoms with van der Waals surface area (Å²) in [6.07, 6.45) is -5.55. The molecule has 4 rings (SSSR count). The number of ether oxygens (including phenoxy) is 1. The van der Waals surface area contributed by atoms with Crippen molar-refractivity contribution in [3.8, 4) is 10.4 Å². The number of benzene rings is 1. The summed E-state index contributed by atoms with van der Waals surface area (Å²) in [5.74, 6) is -6.06. The van der Waals surface area contributed by atoms with Crippen LogP contribution in [0, 0.1) is 12.3 Å². The molecule has 0 bridgehead atoms. The number of nitrogens with one attached hydrogen (secondary N) is 2. The predicted octanol–water partition coefficient (Wildman–Crippen LogP) is 2.49. The number of aliphatic hydroxyl groups excluding tert-OH is 1. The van der Waals surface area contributed by atoms with Crippen molar-refractivity contribution in [2.75, 3.05) is 13.2 Å². The standard InChI is InChI=1S/C28H36N4O7S.C2HF3O2/c1-16-21(40-15-30-16)18-8-6-17(7-9-18)13-29-23(34)20-12-19(33)14-32(20)24(35)22(27(2,3)4)31-25(36)28(26(37)38)10-5-11-39-28;3-2(4,5)1(6)7/h6-9,15,19-20,22,33H,5,10-14H2,1-4H3,(H,29,34)(H,31,36)(H,37,38);(H,6,7)/t19-,20+,22+,28?;/m1./s1. The van der Waals surface area contributed by atoms with E-state index >= 15 is 0 Å². The van der Waals surface area contributed by atoms with E-state index in [4.69, 9.17) is 14.6 Å². The highest BCUT2D eigenvalue weighted by molar-refractivity contribution is 7.13. The maximum Gasteiger partial charge on any atom is 0.490 e. The fourth-order valence-electron chi connectivity index (χ4n) is 5.11. The fourth-order valence-corrected chi connectivity index (χ4v) is 5.92. The number of carboxylic acid groups (broad SMARTS) is 2. The predicted molar refractivity (Wildman–Crippen MR) is 161 cm³/mol. The Kier molecular flexibility index (Phi) is 11.7. The van der Waals surface area contributed by atoms with Crippen LogP contribution in [0.4, 0.5) is 13.2 Å². The molecule has 2 saturated heterocycles. The molecular weight excluding hydrogens is 649 g/mol. The van der Waals surface area contributed by atoms with E-state index in [1.165, 1.54) is 4.90 Å². The van der Waals surface area contributed by atoms with Gasteiger partial charge in [-0.1, -0.05) is 45.0 Å². The molecule has 5 N–H and O–H groups in total. The molecule has 2 fully saturated rings. The molecule has 2 aromatic rings. The summed E-state index contributed by atoms with van der Waals surface area (Å²) in [6, 6.07) is 5.66. The van der Waals surface area contributed by atoms with Crippen LogP contribution in [-0.4, -0.2) is 98.0 Å². The first-order valence-electron chi connectivity index (χ1n) is 14.5. The highest BCUT2D eigenvalue weighted by atomic mass is 32.1. The molecule has 258 valence electrons. The van der Waals surface area contributed by atoms with Crippen LogP contribution in [-0.2, 0) is 35.3 Å². The minimum atomic E-state index is -5.08. The van der Waals surface area contributed by atoms with Crippen molar-refractivity contribution in [3.63, 3.8) is 0 Å². The molecule has 2 aliphatic heterocycles. The molecule has 0 aliphatic carbocycles. The maximum absolute atomic E-state index is 13.8. The van der Waals surface area contributed by atoms with Gasteiger partial charge in [-0.05, 0) is 36.3 Å². The van der Waals surface area contributed by atoms with Gasteiger partial charge in [-0.15, -0.1) is 11.3 Å². The van der Waals surface area contributed by atoms with Gasteiger partial charge in [0.1, 0.15) is 12.1 Å². The number of aliphatic carboxylic acids is 2. The number of aryl methyl sites for hydroxylation is 1. The number of β-amino-alcohol motifs (C(OH)–C–C–N with tert-alkyl or cyclic N) is 1. The summed E-state index contributed by atoms with van der Waals surface area (Å²) < 4.78 is 37.1. The summed E-state index contributed by atoms with van der Waals surface area (Å²) in [4.78, 5) is 67.5. The Morgan fingerprint density at radius 1 is 1.13 bits per heavy atom. The van der Waals surface area contributed by atoms with Crippen LogP contribution in [0.5, 0.6) is 0 Å². The number of likely N-dealkylation sites (tertiary alicyclic amines) is 1. The Hall–Kier alpha value is -4.09. The zero-order chi connectivity index (χ0) is 35.3. The molecule has 13 nitrogen and oxygen atoms in total. The van der Waals surface area contributed by atoms with Crippen LogP contribution in [0.25, 0.3) is 10.4 Å². The fraction of sp³-hybridized carbons (Fsp3) is 0.533. The second-order valence-electron chi connectivity index (χ2n) is 12.2. The Labute approximate surface area is 272 Å². The van der Waals surface area contributed by atoms with Gasteiger partial charge >= 0.3 is 18.1 Å². The lowest BCUT2D eigenvalue weighted by Gasteiger charge is -2.36. The van der Waals surface area contributed by atoms with Crippen molar-refractivity contribution in [2.24, 2.45) is 5.41 Å². The number of hydrogen-bond donors (Lipinski definition) is 5. The van der Waals surface area contributed by atoms with Gasteiger partial charge in [0.2, 0.25) is 17.4 Å². The normalized spacial score (nSPS) is 21.7. The number of thiazole rings is 1. The number of carbonyl (C=O) groups excluding carboxylic acids is 3. The van der Waals surface area contributed by atoms with Crippen LogP contribution >= 0.6 is 11.3 Å². The van der Waals surface area contributed by atoms with Gasteiger partial charge in [0.05, 0.1) is 22.2 Å². The van der Waals surface area contributed by atoms with Crippen molar-refractivity contribution in [1.82, 2.24) is 20.5 Å². The molecule has 0 radical (unpaired) electrons. The van der Waals surface area contributed by atoms with Crippen LogP contribution in [0.3, 0.4) is 0 Å². The minimum absolute atomic E-state index is 0.00250. The van der Waals surface area contributed by atoms with Crippen molar-refractivity contribution in [1.29, 1.82) is 0 Å². The number of amides is 3. The van der Waals surface area contributed by atoms with Crippen molar-refractivity contribution in [3.05, 3.63) is 41.0 Å². The average molecular weight is 687 g/mol. The average Bonchev–Trinajstić information content (AvgIpc) is 3.74. The van der Waals surface area contributed by atoms with Gasteiger partial charge in [-0.3, -0.25) is 14.4 Å². The first-order valence-corrected chi connectivity index (χ1v) is 15.4. The van der Waals surface area contributed by atoms with E-state index in [1.54, 1.807) is 37.6 Å². The molecule has 3 heterocycles. The number of aliphatic hydroxyl groups is 1. The summed E-state index contributed by atoms with van der Waals surface area (Å²) in [7, 11) is 0. The molecule has 4 atom stereocenters. The number of alkyl halides is 3. The Bertz CT molecular complexity index is 1470. The van der Waals surface area contributed by atoms with Crippen LogP contribution in [0.15, 0.2) is 29.8 Å². The zero-order valence-electron chi connectivity index (χ0n) is 26.1. The molecule has 1 aromatic heterocycles. The number of nitrogens with zero attached hydrogens (tertiary/aromatic N) is 2. The third-order valence-electron chi connectivity index (χ3n) is 7.66. The molecule has 47 heavy (non-hydrogen) atoms. The van der Waals surface area contributed by atoms with Crippen molar-refractivity contribution < 1.29 is 57.2 Å². The van der Waals surface area contributed by atoms with Gasteiger partial charge < -0.3 is 35.6 Å². The van der Waals surface area contributed by atoms with E-state index in [1.807, 2.05) is 31.2 Å². The van der Waals surface area contributed by atoms with Crippen LogP contribution in [0.2, 0.25) is 0 Å². The number of hydrogen-bond acceptors (Lipinski definition) is 9. The highest BCUT2D eigenvalue weighted by Gasteiger charge is 2.53. The smallest absolute Gasteiger partial charge is 0.479 e. The third kappa shape index (κ3) is 9.04. The SMILES string of the molecule is Cc1ncsc1-c1ccc(CNC(=O)[C@@H]2C[C@@H](O)CN2C(=O)[C@H](NC(=O)C2(C(=O)O)CCCO2)C(C)(C)C)cc1.O=C(O)C(F)(F)F.